The molecule has 144 valence electrons. The van der Waals surface area contributed by atoms with Crippen molar-refractivity contribution >= 4 is 5.69 Å². The van der Waals surface area contributed by atoms with E-state index < -0.39 is 22.6 Å². The molecule has 1 N–H and O–H groups in total. The molecule has 0 aliphatic rings. The van der Waals surface area contributed by atoms with Gasteiger partial charge in [0.2, 0.25) is 0 Å². The van der Waals surface area contributed by atoms with E-state index in [0.29, 0.717) is 11.1 Å². The standard InChI is InChI=1S/C22H20F2N2O2/c1-14-6-8-16(9-7-14)22(17-4-3-5-21(12-17)26(27)28)25-15(2)18-10-19(23)13-20(24)11-18/h3-13,15,22,25H,1-2H3. The van der Waals surface area contributed by atoms with Crippen LogP contribution in [0.3, 0.4) is 0 Å². The van der Waals surface area contributed by atoms with Crippen LogP contribution in [0, 0.1) is 28.7 Å². The second kappa shape index (κ2) is 8.27. The van der Waals surface area contributed by atoms with Gasteiger partial charge in [0, 0.05) is 24.2 Å². The average Bonchev–Trinajstić information content (AvgIpc) is 2.66. The third-order valence-corrected chi connectivity index (χ3v) is 4.63. The van der Waals surface area contributed by atoms with Crippen LogP contribution in [-0.2, 0) is 0 Å². The molecule has 0 bridgehead atoms. The van der Waals surface area contributed by atoms with E-state index >= 15 is 0 Å². The monoisotopic (exact) mass is 382 g/mol. The zero-order valence-corrected chi connectivity index (χ0v) is 15.5. The van der Waals surface area contributed by atoms with Crippen LogP contribution in [0.25, 0.3) is 0 Å². The molecule has 4 nitrogen and oxygen atoms in total. The maximum Gasteiger partial charge on any atom is 0.269 e. The molecule has 0 saturated carbocycles. The van der Waals surface area contributed by atoms with Crippen molar-refractivity contribution in [3.8, 4) is 0 Å². The van der Waals surface area contributed by atoms with Gasteiger partial charge >= 0.3 is 0 Å². The van der Waals surface area contributed by atoms with E-state index in [4.69, 9.17) is 0 Å². The molecule has 0 amide bonds. The van der Waals surface area contributed by atoms with E-state index in [0.717, 1.165) is 17.2 Å². The number of benzene rings is 3. The Hall–Kier alpha value is -3.12. The third kappa shape index (κ3) is 4.58. The summed E-state index contributed by atoms with van der Waals surface area (Å²) in [6.45, 7) is 3.77. The highest BCUT2D eigenvalue weighted by atomic mass is 19.1. The Morgan fingerprint density at radius 3 is 2.14 bits per heavy atom. The number of hydrogen-bond acceptors (Lipinski definition) is 3. The van der Waals surface area contributed by atoms with Gasteiger partial charge in [-0.15, -0.1) is 0 Å². The number of nitrogens with one attached hydrogen (secondary N) is 1. The summed E-state index contributed by atoms with van der Waals surface area (Å²) in [6, 6.07) is 16.7. The SMILES string of the molecule is Cc1ccc(C(NC(C)c2cc(F)cc(F)c2)c2cccc([N+](=O)[O-])c2)cc1. The van der Waals surface area contributed by atoms with Gasteiger partial charge in [-0.2, -0.15) is 0 Å². The second-order valence-corrected chi connectivity index (χ2v) is 6.79. The molecular formula is C22H20F2N2O2. The summed E-state index contributed by atoms with van der Waals surface area (Å²) in [6.07, 6.45) is 0. The topological polar surface area (TPSA) is 55.2 Å². The Morgan fingerprint density at radius 1 is 0.893 bits per heavy atom. The summed E-state index contributed by atoms with van der Waals surface area (Å²) in [5.41, 5.74) is 3.12. The number of hydrogen-bond donors (Lipinski definition) is 1. The largest absolute Gasteiger partial charge is 0.300 e. The Morgan fingerprint density at radius 2 is 1.54 bits per heavy atom. The molecule has 3 rings (SSSR count). The molecule has 0 saturated heterocycles. The Labute approximate surface area is 162 Å². The van der Waals surface area contributed by atoms with Gasteiger partial charge < -0.3 is 0 Å². The van der Waals surface area contributed by atoms with Crippen molar-refractivity contribution in [3.05, 3.63) is 111 Å². The fourth-order valence-corrected chi connectivity index (χ4v) is 3.13. The zero-order valence-electron chi connectivity index (χ0n) is 15.5. The van der Waals surface area contributed by atoms with Crippen LogP contribution in [0.5, 0.6) is 0 Å². The first-order valence-electron chi connectivity index (χ1n) is 8.86. The average molecular weight is 382 g/mol. The van der Waals surface area contributed by atoms with Crippen molar-refractivity contribution in [2.75, 3.05) is 0 Å². The molecule has 0 aliphatic heterocycles. The normalized spacial score (nSPS) is 13.1. The summed E-state index contributed by atoms with van der Waals surface area (Å²) in [5, 5.41) is 14.5. The lowest BCUT2D eigenvalue weighted by atomic mass is 9.95. The van der Waals surface area contributed by atoms with Gasteiger partial charge in [-0.3, -0.25) is 15.4 Å². The quantitative estimate of drug-likeness (QED) is 0.445. The first-order valence-corrected chi connectivity index (χ1v) is 8.86. The highest BCUT2D eigenvalue weighted by Gasteiger charge is 2.20. The molecule has 6 heteroatoms. The minimum atomic E-state index is -0.647. The predicted octanol–water partition coefficient (Wildman–Crippen LogP) is 5.62. The predicted molar refractivity (Wildman–Crippen MR) is 104 cm³/mol. The van der Waals surface area contributed by atoms with Crippen molar-refractivity contribution in [2.24, 2.45) is 0 Å². The van der Waals surface area contributed by atoms with Crippen LogP contribution in [0.4, 0.5) is 14.5 Å². The van der Waals surface area contributed by atoms with Crippen molar-refractivity contribution < 1.29 is 13.7 Å². The number of non-ortho nitro benzene ring substituents is 1. The maximum absolute atomic E-state index is 13.6. The molecule has 3 aromatic rings. The molecular weight excluding hydrogens is 362 g/mol. The van der Waals surface area contributed by atoms with Crippen molar-refractivity contribution in [3.63, 3.8) is 0 Å². The minimum absolute atomic E-state index is 0.0131. The Balaban J connectivity index is 2.00. The molecule has 0 spiro atoms. The van der Waals surface area contributed by atoms with Crippen LogP contribution >= 0.6 is 0 Å². The summed E-state index contributed by atoms with van der Waals surface area (Å²) in [4.78, 5) is 10.7. The molecule has 2 unspecified atom stereocenters. The number of nitrogens with zero attached hydrogens (tertiary/aromatic N) is 1. The molecule has 3 aromatic carbocycles. The van der Waals surface area contributed by atoms with Gasteiger partial charge in [-0.25, -0.2) is 8.78 Å². The molecule has 0 aromatic heterocycles. The maximum atomic E-state index is 13.6. The van der Waals surface area contributed by atoms with E-state index in [1.54, 1.807) is 19.1 Å². The van der Waals surface area contributed by atoms with E-state index in [9.17, 15) is 18.9 Å². The highest BCUT2D eigenvalue weighted by Crippen LogP contribution is 2.29. The molecule has 2 atom stereocenters. The van der Waals surface area contributed by atoms with Gasteiger partial charge in [0.25, 0.3) is 5.69 Å². The third-order valence-electron chi connectivity index (χ3n) is 4.63. The fraction of sp³-hybridized carbons (Fsp3) is 0.182. The van der Waals surface area contributed by atoms with E-state index in [2.05, 4.69) is 5.32 Å². The lowest BCUT2D eigenvalue weighted by Crippen LogP contribution is -2.26. The fourth-order valence-electron chi connectivity index (χ4n) is 3.13. The van der Waals surface area contributed by atoms with Gasteiger partial charge in [-0.1, -0.05) is 42.0 Å². The first-order chi connectivity index (χ1) is 13.3. The Kier molecular flexibility index (Phi) is 5.80. The molecule has 0 fully saturated rings. The molecule has 0 heterocycles. The van der Waals surface area contributed by atoms with Crippen molar-refractivity contribution in [1.29, 1.82) is 0 Å². The van der Waals surface area contributed by atoms with Gasteiger partial charge in [0.1, 0.15) is 11.6 Å². The summed E-state index contributed by atoms with van der Waals surface area (Å²) in [5.74, 6) is -1.29. The first kappa shape index (κ1) is 19.6. The molecule has 28 heavy (non-hydrogen) atoms. The van der Waals surface area contributed by atoms with Crippen LogP contribution in [0.2, 0.25) is 0 Å². The summed E-state index contributed by atoms with van der Waals surface area (Å²) < 4.78 is 27.2. The number of nitro benzene ring substituents is 1. The van der Waals surface area contributed by atoms with Crippen LogP contribution < -0.4 is 5.32 Å². The van der Waals surface area contributed by atoms with Crippen LogP contribution in [0.15, 0.2) is 66.7 Å². The lowest BCUT2D eigenvalue weighted by Gasteiger charge is -2.25. The van der Waals surface area contributed by atoms with E-state index in [1.807, 2.05) is 31.2 Å². The number of nitro groups is 1. The number of rotatable bonds is 6. The van der Waals surface area contributed by atoms with Gasteiger partial charge in [-0.05, 0) is 42.7 Å². The lowest BCUT2D eigenvalue weighted by molar-refractivity contribution is -0.384. The summed E-state index contributed by atoms with van der Waals surface area (Å²) >= 11 is 0. The Bertz CT molecular complexity index is 970. The van der Waals surface area contributed by atoms with E-state index in [-0.39, 0.29) is 11.7 Å². The highest BCUT2D eigenvalue weighted by molar-refractivity contribution is 5.41. The van der Waals surface area contributed by atoms with Crippen LogP contribution in [-0.4, -0.2) is 4.92 Å². The summed E-state index contributed by atoms with van der Waals surface area (Å²) in [7, 11) is 0. The van der Waals surface area contributed by atoms with Crippen molar-refractivity contribution in [1.82, 2.24) is 5.32 Å². The minimum Gasteiger partial charge on any atom is -0.300 e. The van der Waals surface area contributed by atoms with Gasteiger partial charge in [0.15, 0.2) is 0 Å². The molecule has 0 aliphatic carbocycles. The molecule has 0 radical (unpaired) electrons. The second-order valence-electron chi connectivity index (χ2n) is 6.79. The van der Waals surface area contributed by atoms with Gasteiger partial charge in [0.05, 0.1) is 11.0 Å². The number of halogens is 2. The van der Waals surface area contributed by atoms with Crippen LogP contribution in [0.1, 0.15) is 41.3 Å². The van der Waals surface area contributed by atoms with Crippen molar-refractivity contribution in [2.45, 2.75) is 25.9 Å². The smallest absolute Gasteiger partial charge is 0.269 e. The zero-order chi connectivity index (χ0) is 20.3. The van der Waals surface area contributed by atoms with E-state index in [1.165, 1.54) is 24.3 Å². The number of aryl methyl sites for hydroxylation is 1.